The summed E-state index contributed by atoms with van der Waals surface area (Å²) in [6, 6.07) is 17.7. The van der Waals surface area contributed by atoms with Crippen molar-refractivity contribution < 1.29 is 5.11 Å². The van der Waals surface area contributed by atoms with Crippen molar-refractivity contribution in [3.63, 3.8) is 0 Å². The molecule has 0 aliphatic carbocycles. The molecule has 0 atom stereocenters. The van der Waals surface area contributed by atoms with Gasteiger partial charge in [0.2, 0.25) is 0 Å². The second kappa shape index (κ2) is 7.35. The van der Waals surface area contributed by atoms with Crippen molar-refractivity contribution in [3.05, 3.63) is 83.1 Å². The number of anilines is 2. The molecule has 2 aromatic heterocycles. The zero-order chi connectivity index (χ0) is 18.8. The summed E-state index contributed by atoms with van der Waals surface area (Å²) in [6.07, 6.45) is 3.41. The molecule has 0 fully saturated rings. The Bertz CT molecular complexity index is 1130. The molecule has 0 aliphatic rings. The third-order valence-electron chi connectivity index (χ3n) is 4.59. The maximum absolute atomic E-state index is 9.32. The Labute approximate surface area is 162 Å². The summed E-state index contributed by atoms with van der Waals surface area (Å²) in [5.41, 5.74) is 5.63. The summed E-state index contributed by atoms with van der Waals surface area (Å²) in [4.78, 5) is 8.92. The highest BCUT2D eigenvalue weighted by Crippen LogP contribution is 2.34. The van der Waals surface area contributed by atoms with E-state index in [2.05, 4.69) is 28.3 Å². The van der Waals surface area contributed by atoms with Crippen LogP contribution < -0.4 is 5.32 Å². The van der Waals surface area contributed by atoms with E-state index in [-0.39, 0.29) is 6.61 Å². The highest BCUT2D eigenvalue weighted by molar-refractivity contribution is 6.33. The van der Waals surface area contributed by atoms with Gasteiger partial charge in [0.15, 0.2) is 5.82 Å². The van der Waals surface area contributed by atoms with Crippen LogP contribution in [0.15, 0.2) is 67.0 Å². The number of nitrogens with one attached hydrogen (secondary N) is 1. The third kappa shape index (κ3) is 3.37. The van der Waals surface area contributed by atoms with Gasteiger partial charge in [-0.2, -0.15) is 0 Å². The molecule has 0 amide bonds. The van der Waals surface area contributed by atoms with Crippen LogP contribution in [0.5, 0.6) is 0 Å². The van der Waals surface area contributed by atoms with Crippen molar-refractivity contribution >= 4 is 34.0 Å². The van der Waals surface area contributed by atoms with E-state index in [1.54, 1.807) is 12.4 Å². The average Bonchev–Trinajstić information content (AvgIpc) is 2.70. The number of hydrogen-bond acceptors (Lipinski definition) is 4. The molecule has 0 aliphatic heterocycles. The maximum atomic E-state index is 9.32. The summed E-state index contributed by atoms with van der Waals surface area (Å²) in [5.74, 6) is 0.677. The van der Waals surface area contributed by atoms with Crippen LogP contribution in [0.4, 0.5) is 11.5 Å². The SMILES string of the molecule is Cc1c(Nc2nccc3cc(CO)cnc23)cccc1-c1ccccc1Cl. The molecule has 0 unspecified atom stereocenters. The molecule has 4 aromatic rings. The number of aromatic nitrogens is 2. The van der Waals surface area contributed by atoms with Crippen LogP contribution in [0, 0.1) is 6.92 Å². The predicted molar refractivity (Wildman–Crippen MR) is 110 cm³/mol. The summed E-state index contributed by atoms with van der Waals surface area (Å²) in [5, 5.41) is 14.4. The van der Waals surface area contributed by atoms with Crippen LogP contribution in [0.3, 0.4) is 0 Å². The molecule has 4 rings (SSSR count). The van der Waals surface area contributed by atoms with Crippen LogP contribution in [0.2, 0.25) is 5.02 Å². The predicted octanol–water partition coefficient (Wildman–Crippen LogP) is 5.49. The minimum absolute atomic E-state index is 0.0347. The quantitative estimate of drug-likeness (QED) is 0.495. The van der Waals surface area contributed by atoms with Crippen molar-refractivity contribution in [1.29, 1.82) is 0 Å². The minimum Gasteiger partial charge on any atom is -0.392 e. The van der Waals surface area contributed by atoms with Crippen LogP contribution in [0.1, 0.15) is 11.1 Å². The highest BCUT2D eigenvalue weighted by atomic mass is 35.5. The molecule has 0 radical (unpaired) electrons. The van der Waals surface area contributed by atoms with E-state index in [4.69, 9.17) is 11.6 Å². The lowest BCUT2D eigenvalue weighted by Crippen LogP contribution is -1.99. The second-order valence-electron chi connectivity index (χ2n) is 6.32. The van der Waals surface area contributed by atoms with E-state index in [1.165, 1.54) is 0 Å². The molecule has 0 spiro atoms. The van der Waals surface area contributed by atoms with Gasteiger partial charge in [-0.05, 0) is 47.9 Å². The van der Waals surface area contributed by atoms with Gasteiger partial charge in [0.05, 0.1) is 6.61 Å². The molecular weight excluding hydrogens is 358 g/mol. The number of aliphatic hydroxyl groups excluding tert-OH is 1. The van der Waals surface area contributed by atoms with Crippen molar-refractivity contribution in [1.82, 2.24) is 9.97 Å². The van der Waals surface area contributed by atoms with Crippen molar-refractivity contribution in [2.75, 3.05) is 5.32 Å². The standard InChI is InChI=1S/C22H18ClN3O/c1-14-17(18-5-2-3-7-19(18)23)6-4-8-20(14)26-22-21-16(9-10-24-22)11-15(13-27)12-25-21/h2-12,27H,13H2,1H3,(H,24,26). The summed E-state index contributed by atoms with van der Waals surface area (Å²) < 4.78 is 0. The van der Waals surface area contributed by atoms with E-state index in [9.17, 15) is 5.11 Å². The number of nitrogens with zero attached hydrogens (tertiary/aromatic N) is 2. The Kier molecular flexibility index (Phi) is 4.75. The molecule has 5 heteroatoms. The summed E-state index contributed by atoms with van der Waals surface area (Å²) in [7, 11) is 0. The van der Waals surface area contributed by atoms with Crippen LogP contribution in [-0.4, -0.2) is 15.1 Å². The first-order valence-electron chi connectivity index (χ1n) is 8.63. The van der Waals surface area contributed by atoms with E-state index in [1.807, 2.05) is 48.5 Å². The van der Waals surface area contributed by atoms with E-state index in [0.717, 1.165) is 43.9 Å². The van der Waals surface area contributed by atoms with Crippen LogP contribution in [0.25, 0.3) is 22.0 Å². The third-order valence-corrected chi connectivity index (χ3v) is 4.92. The monoisotopic (exact) mass is 375 g/mol. The fraction of sp³-hybridized carbons (Fsp3) is 0.0909. The highest BCUT2D eigenvalue weighted by Gasteiger charge is 2.11. The first kappa shape index (κ1) is 17.5. The lowest BCUT2D eigenvalue weighted by molar-refractivity contribution is 0.281. The zero-order valence-electron chi connectivity index (χ0n) is 14.8. The molecule has 134 valence electrons. The Morgan fingerprint density at radius 2 is 1.81 bits per heavy atom. The van der Waals surface area contributed by atoms with E-state index >= 15 is 0 Å². The minimum atomic E-state index is -0.0347. The van der Waals surface area contributed by atoms with Gasteiger partial charge in [-0.1, -0.05) is 41.9 Å². The van der Waals surface area contributed by atoms with Crippen LogP contribution >= 0.6 is 11.6 Å². The topological polar surface area (TPSA) is 58.0 Å². The summed E-state index contributed by atoms with van der Waals surface area (Å²) >= 11 is 6.39. The largest absolute Gasteiger partial charge is 0.392 e. The van der Waals surface area contributed by atoms with Crippen molar-refractivity contribution in [2.24, 2.45) is 0 Å². The molecule has 0 bridgehead atoms. The number of rotatable bonds is 4. The van der Waals surface area contributed by atoms with Gasteiger partial charge in [-0.15, -0.1) is 0 Å². The van der Waals surface area contributed by atoms with E-state index < -0.39 is 0 Å². The number of fused-ring (bicyclic) bond motifs is 1. The number of halogens is 1. The maximum Gasteiger partial charge on any atom is 0.156 e. The molecule has 4 nitrogen and oxygen atoms in total. The van der Waals surface area contributed by atoms with Crippen molar-refractivity contribution in [2.45, 2.75) is 13.5 Å². The Morgan fingerprint density at radius 1 is 1.00 bits per heavy atom. The first-order chi connectivity index (χ1) is 13.2. The lowest BCUT2D eigenvalue weighted by Gasteiger charge is -2.15. The Morgan fingerprint density at radius 3 is 2.63 bits per heavy atom. The zero-order valence-corrected chi connectivity index (χ0v) is 15.5. The first-order valence-corrected chi connectivity index (χ1v) is 9.01. The van der Waals surface area contributed by atoms with Gasteiger partial charge in [0, 0.05) is 34.1 Å². The number of aliphatic hydroxyl groups is 1. The average molecular weight is 376 g/mol. The molecule has 0 saturated heterocycles. The van der Waals surface area contributed by atoms with Crippen LogP contribution in [-0.2, 0) is 6.61 Å². The van der Waals surface area contributed by atoms with Gasteiger partial charge in [-0.3, -0.25) is 4.98 Å². The Balaban J connectivity index is 1.77. The van der Waals surface area contributed by atoms with E-state index in [0.29, 0.717) is 5.82 Å². The molecule has 2 heterocycles. The summed E-state index contributed by atoms with van der Waals surface area (Å²) in [6.45, 7) is 2.02. The molecule has 27 heavy (non-hydrogen) atoms. The fourth-order valence-corrected chi connectivity index (χ4v) is 3.39. The molecular formula is C22H18ClN3O. The molecule has 2 N–H and O–H groups in total. The van der Waals surface area contributed by atoms with Gasteiger partial charge in [0.25, 0.3) is 0 Å². The number of pyridine rings is 2. The fourth-order valence-electron chi connectivity index (χ4n) is 3.15. The van der Waals surface area contributed by atoms with Gasteiger partial charge in [-0.25, -0.2) is 4.98 Å². The normalized spacial score (nSPS) is 10.9. The number of hydrogen-bond donors (Lipinski definition) is 2. The Hall–Kier alpha value is -2.95. The lowest BCUT2D eigenvalue weighted by atomic mass is 9.99. The smallest absolute Gasteiger partial charge is 0.156 e. The molecule has 2 aromatic carbocycles. The number of benzene rings is 2. The second-order valence-corrected chi connectivity index (χ2v) is 6.72. The van der Waals surface area contributed by atoms with Crippen molar-refractivity contribution in [3.8, 4) is 11.1 Å². The van der Waals surface area contributed by atoms with Gasteiger partial charge < -0.3 is 10.4 Å². The van der Waals surface area contributed by atoms with Gasteiger partial charge in [0.1, 0.15) is 5.52 Å². The van der Waals surface area contributed by atoms with Gasteiger partial charge >= 0.3 is 0 Å². The molecule has 0 saturated carbocycles.